The maximum absolute atomic E-state index is 14.5. The first-order valence-electron chi connectivity index (χ1n) is 10.3. The lowest BCUT2D eigenvalue weighted by Crippen LogP contribution is -2.47. The van der Waals surface area contributed by atoms with Gasteiger partial charge in [-0.15, -0.1) is 0 Å². The van der Waals surface area contributed by atoms with E-state index < -0.39 is 0 Å². The molecule has 31 heavy (non-hydrogen) atoms. The van der Waals surface area contributed by atoms with Crippen molar-refractivity contribution >= 4 is 23.2 Å². The van der Waals surface area contributed by atoms with Crippen molar-refractivity contribution in [2.45, 2.75) is 25.7 Å². The molecule has 1 fully saturated rings. The lowest BCUT2D eigenvalue weighted by atomic mass is 10.0. The number of benzene rings is 3. The van der Waals surface area contributed by atoms with Gasteiger partial charge in [-0.3, -0.25) is 9.80 Å². The second kappa shape index (κ2) is 10.0. The van der Waals surface area contributed by atoms with Crippen molar-refractivity contribution in [3.63, 3.8) is 0 Å². The Balaban J connectivity index is 1.71. The second-order valence-corrected chi connectivity index (χ2v) is 8.56. The highest BCUT2D eigenvalue weighted by atomic mass is 35.5. The van der Waals surface area contributed by atoms with Gasteiger partial charge in [0.1, 0.15) is 11.6 Å². The predicted octanol–water partition coefficient (Wildman–Crippen LogP) is 6.55. The fourth-order valence-corrected chi connectivity index (χ4v) is 4.85. The van der Waals surface area contributed by atoms with Crippen molar-refractivity contribution < 1.29 is 9.13 Å². The van der Waals surface area contributed by atoms with E-state index in [0.29, 0.717) is 28.7 Å². The van der Waals surface area contributed by atoms with Crippen LogP contribution in [0.1, 0.15) is 29.3 Å². The Morgan fingerprint density at radius 1 is 0.903 bits per heavy atom. The minimum atomic E-state index is -0.198. The summed E-state index contributed by atoms with van der Waals surface area (Å²) in [6.07, 6.45) is 0.803. The molecule has 1 heterocycles. The maximum atomic E-state index is 14.5. The second-order valence-electron chi connectivity index (χ2n) is 7.75. The van der Waals surface area contributed by atoms with E-state index in [0.717, 1.165) is 36.4 Å². The topological polar surface area (TPSA) is 15.7 Å². The number of hydrogen-bond acceptors (Lipinski definition) is 3. The zero-order chi connectivity index (χ0) is 21.8. The van der Waals surface area contributed by atoms with Gasteiger partial charge in [0.15, 0.2) is 0 Å². The van der Waals surface area contributed by atoms with E-state index in [-0.39, 0.29) is 12.0 Å². The van der Waals surface area contributed by atoms with Crippen LogP contribution in [-0.4, -0.2) is 30.0 Å². The number of methoxy groups -OCH3 is 1. The van der Waals surface area contributed by atoms with Gasteiger partial charge in [0.25, 0.3) is 0 Å². The lowest BCUT2D eigenvalue weighted by Gasteiger charge is -2.45. The Hall–Kier alpha value is -2.11. The van der Waals surface area contributed by atoms with Gasteiger partial charge in [0.2, 0.25) is 0 Å². The van der Waals surface area contributed by atoms with E-state index in [1.54, 1.807) is 13.2 Å². The van der Waals surface area contributed by atoms with Crippen molar-refractivity contribution in [1.29, 1.82) is 0 Å². The number of rotatable bonds is 6. The van der Waals surface area contributed by atoms with Crippen LogP contribution in [-0.2, 0) is 13.1 Å². The van der Waals surface area contributed by atoms with Crippen LogP contribution < -0.4 is 4.74 Å². The fraction of sp³-hybridized carbons (Fsp3) is 0.280. The molecule has 0 aromatic heterocycles. The third kappa shape index (κ3) is 5.04. The van der Waals surface area contributed by atoms with E-state index >= 15 is 0 Å². The number of hydrogen-bond donors (Lipinski definition) is 0. The molecule has 1 atom stereocenters. The van der Waals surface area contributed by atoms with E-state index in [4.69, 9.17) is 27.9 Å². The van der Waals surface area contributed by atoms with Crippen molar-refractivity contribution in [1.82, 2.24) is 9.80 Å². The Bertz CT molecular complexity index is 1030. The molecule has 1 aliphatic heterocycles. The number of halogens is 3. The van der Waals surface area contributed by atoms with E-state index in [1.807, 2.05) is 48.5 Å². The normalized spacial score (nSPS) is 17.6. The summed E-state index contributed by atoms with van der Waals surface area (Å²) < 4.78 is 19.8. The summed E-state index contributed by atoms with van der Waals surface area (Å²) in [6.45, 7) is 2.90. The van der Waals surface area contributed by atoms with Crippen LogP contribution in [0, 0.1) is 5.82 Å². The molecule has 0 bridgehead atoms. The van der Waals surface area contributed by atoms with Crippen molar-refractivity contribution in [3.8, 4) is 5.75 Å². The maximum Gasteiger partial charge on any atom is 0.127 e. The average molecular weight is 459 g/mol. The Morgan fingerprint density at radius 3 is 2.29 bits per heavy atom. The number of nitrogens with zero attached hydrogens (tertiary/aromatic N) is 2. The summed E-state index contributed by atoms with van der Waals surface area (Å²) in [6, 6.07) is 20.6. The molecular formula is C25H25Cl2FN2O. The Morgan fingerprint density at radius 2 is 1.58 bits per heavy atom. The summed E-state index contributed by atoms with van der Waals surface area (Å²) in [5.74, 6) is 0.626. The number of ether oxygens (including phenoxy) is 1. The third-order valence-electron chi connectivity index (χ3n) is 5.69. The summed E-state index contributed by atoms with van der Waals surface area (Å²) in [5.41, 5.74) is 2.67. The smallest absolute Gasteiger partial charge is 0.127 e. The zero-order valence-corrected chi connectivity index (χ0v) is 18.9. The van der Waals surface area contributed by atoms with Gasteiger partial charge in [-0.05, 0) is 42.3 Å². The van der Waals surface area contributed by atoms with Gasteiger partial charge in [-0.2, -0.15) is 0 Å². The minimum absolute atomic E-state index is 0.166. The van der Waals surface area contributed by atoms with Gasteiger partial charge in [-0.25, -0.2) is 4.39 Å². The van der Waals surface area contributed by atoms with Crippen LogP contribution in [0.4, 0.5) is 4.39 Å². The standard InChI is InChI=1S/C25H25Cl2FN2O/c1-31-20-9-4-7-18(15-20)16-29-13-6-14-30(17-19-8-2-3-12-23(19)28)25(29)24-21(26)10-5-11-22(24)27/h2-5,7-12,15,25H,6,13-14,16-17H2,1H3. The van der Waals surface area contributed by atoms with Gasteiger partial charge in [0.05, 0.1) is 13.3 Å². The van der Waals surface area contributed by atoms with E-state index in [9.17, 15) is 4.39 Å². The monoisotopic (exact) mass is 458 g/mol. The molecule has 3 aromatic rings. The Labute approximate surface area is 192 Å². The molecule has 1 unspecified atom stereocenters. The molecule has 6 heteroatoms. The molecule has 0 radical (unpaired) electrons. The molecule has 0 aliphatic carbocycles. The van der Waals surface area contributed by atoms with Crippen LogP contribution in [0.3, 0.4) is 0 Å². The molecule has 1 aliphatic rings. The molecule has 0 spiro atoms. The lowest BCUT2D eigenvalue weighted by molar-refractivity contribution is -0.00954. The van der Waals surface area contributed by atoms with E-state index in [2.05, 4.69) is 15.9 Å². The van der Waals surface area contributed by atoms with Crippen molar-refractivity contribution in [2.24, 2.45) is 0 Å². The Kier molecular flexibility index (Phi) is 7.13. The summed E-state index contributed by atoms with van der Waals surface area (Å²) in [4.78, 5) is 4.61. The fourth-order valence-electron chi connectivity index (χ4n) is 4.26. The molecule has 4 rings (SSSR count). The molecule has 1 saturated heterocycles. The largest absolute Gasteiger partial charge is 0.497 e. The van der Waals surface area contributed by atoms with Crippen LogP contribution in [0.5, 0.6) is 5.75 Å². The van der Waals surface area contributed by atoms with E-state index in [1.165, 1.54) is 6.07 Å². The quantitative estimate of drug-likeness (QED) is 0.416. The first-order chi connectivity index (χ1) is 15.1. The average Bonchev–Trinajstić information content (AvgIpc) is 2.77. The molecule has 3 nitrogen and oxygen atoms in total. The van der Waals surface area contributed by atoms with Gasteiger partial charge in [0, 0.05) is 47.4 Å². The molecule has 162 valence electrons. The van der Waals surface area contributed by atoms with Crippen LogP contribution in [0.25, 0.3) is 0 Å². The molecule has 3 aromatic carbocycles. The summed E-state index contributed by atoms with van der Waals surface area (Å²) in [5, 5.41) is 1.24. The summed E-state index contributed by atoms with van der Waals surface area (Å²) >= 11 is 13.3. The van der Waals surface area contributed by atoms with Crippen molar-refractivity contribution in [2.75, 3.05) is 20.2 Å². The highest BCUT2D eigenvalue weighted by Gasteiger charge is 2.34. The minimum Gasteiger partial charge on any atom is -0.497 e. The van der Waals surface area contributed by atoms with Crippen molar-refractivity contribution in [3.05, 3.63) is 99.3 Å². The van der Waals surface area contributed by atoms with Gasteiger partial charge in [-0.1, -0.05) is 59.6 Å². The van der Waals surface area contributed by atoms with Crippen LogP contribution in [0.2, 0.25) is 10.0 Å². The third-order valence-corrected chi connectivity index (χ3v) is 6.35. The van der Waals surface area contributed by atoms with Gasteiger partial charge >= 0.3 is 0 Å². The first kappa shape index (κ1) is 22.1. The molecule has 0 N–H and O–H groups in total. The SMILES string of the molecule is COc1cccc(CN2CCCN(Cc3ccccc3F)C2c2c(Cl)cccc2Cl)c1. The predicted molar refractivity (Wildman–Crippen MR) is 124 cm³/mol. The molecular weight excluding hydrogens is 434 g/mol. The summed E-state index contributed by atoms with van der Waals surface area (Å²) in [7, 11) is 1.67. The zero-order valence-electron chi connectivity index (χ0n) is 17.4. The highest BCUT2D eigenvalue weighted by molar-refractivity contribution is 6.36. The first-order valence-corrected chi connectivity index (χ1v) is 11.1. The molecule has 0 saturated carbocycles. The highest BCUT2D eigenvalue weighted by Crippen LogP contribution is 2.39. The van der Waals surface area contributed by atoms with Crippen LogP contribution >= 0.6 is 23.2 Å². The molecule has 0 amide bonds. The van der Waals surface area contributed by atoms with Crippen LogP contribution in [0.15, 0.2) is 66.7 Å². The van der Waals surface area contributed by atoms with Gasteiger partial charge < -0.3 is 4.74 Å².